The van der Waals surface area contributed by atoms with Crippen LogP contribution in [-0.2, 0) is 5.41 Å². The fraction of sp³-hybridized carbons (Fsp3) is 0.263. The van der Waals surface area contributed by atoms with E-state index in [2.05, 4.69) is 12.2 Å². The Morgan fingerprint density at radius 1 is 1.05 bits per heavy atom. The van der Waals surface area contributed by atoms with Crippen LogP contribution in [0.3, 0.4) is 0 Å². The van der Waals surface area contributed by atoms with E-state index in [0.717, 1.165) is 17.0 Å². The Morgan fingerprint density at radius 3 is 2.59 bits per heavy atom. The van der Waals surface area contributed by atoms with Crippen molar-refractivity contribution in [3.63, 3.8) is 0 Å². The highest BCUT2D eigenvalue weighted by Gasteiger charge is 2.58. The maximum atomic E-state index is 14.5. The minimum Gasteiger partial charge on any atom is -0.463 e. The predicted molar refractivity (Wildman–Crippen MR) is 86.7 cm³/mol. The van der Waals surface area contributed by atoms with Crippen molar-refractivity contribution in [2.24, 2.45) is 0 Å². The zero-order valence-electron chi connectivity index (χ0n) is 12.9. The molecule has 3 heteroatoms. The quantitative estimate of drug-likeness (QED) is 0.716. The first-order chi connectivity index (χ1) is 10.5. The Balaban J connectivity index is 1.94. The van der Waals surface area contributed by atoms with Gasteiger partial charge in [-0.2, -0.15) is 0 Å². The summed E-state index contributed by atoms with van der Waals surface area (Å²) >= 11 is 0. The lowest BCUT2D eigenvalue weighted by atomic mass is 9.76. The number of hydrogen-bond acceptors (Lipinski definition) is 2. The molecule has 2 heterocycles. The van der Waals surface area contributed by atoms with E-state index < -0.39 is 11.1 Å². The number of rotatable bonds is 0. The molecule has 22 heavy (non-hydrogen) atoms. The van der Waals surface area contributed by atoms with Crippen LogP contribution in [0.2, 0.25) is 0 Å². The lowest BCUT2D eigenvalue weighted by Gasteiger charge is -2.45. The SMILES string of the molecule is CN1c2cccc(F)c2C(C)(C)C12C=Cc1ccccc1O2. The van der Waals surface area contributed by atoms with Gasteiger partial charge in [-0.25, -0.2) is 4.39 Å². The number of nitrogens with zero attached hydrogens (tertiary/aromatic N) is 1. The number of fused-ring (bicyclic) bond motifs is 2. The molecule has 0 saturated carbocycles. The average Bonchev–Trinajstić information content (AvgIpc) is 2.67. The largest absolute Gasteiger partial charge is 0.463 e. The summed E-state index contributed by atoms with van der Waals surface area (Å²) in [6.07, 6.45) is 4.12. The molecule has 0 radical (unpaired) electrons. The molecule has 2 aromatic carbocycles. The van der Waals surface area contributed by atoms with Crippen molar-refractivity contribution in [1.82, 2.24) is 0 Å². The van der Waals surface area contributed by atoms with Gasteiger partial charge in [-0.3, -0.25) is 0 Å². The minimum absolute atomic E-state index is 0.179. The molecule has 1 unspecified atom stereocenters. The van der Waals surface area contributed by atoms with Crippen LogP contribution in [0.1, 0.15) is 25.0 Å². The molecule has 0 aromatic heterocycles. The Hall–Kier alpha value is -2.29. The second-order valence-electron chi connectivity index (χ2n) is 6.49. The van der Waals surface area contributed by atoms with Crippen molar-refractivity contribution in [1.29, 1.82) is 0 Å². The summed E-state index contributed by atoms with van der Waals surface area (Å²) in [5, 5.41) is 0. The Bertz CT molecular complexity index is 796. The number of anilines is 1. The highest BCUT2D eigenvalue weighted by atomic mass is 19.1. The van der Waals surface area contributed by atoms with Crippen molar-refractivity contribution in [3.05, 3.63) is 65.5 Å². The first kappa shape index (κ1) is 13.4. The summed E-state index contributed by atoms with van der Waals surface area (Å²) in [6, 6.07) is 13.2. The summed E-state index contributed by atoms with van der Waals surface area (Å²) in [5.74, 6) is 0.653. The third kappa shape index (κ3) is 1.43. The number of hydrogen-bond donors (Lipinski definition) is 0. The topological polar surface area (TPSA) is 12.5 Å². The zero-order valence-corrected chi connectivity index (χ0v) is 12.9. The molecular weight excluding hydrogens is 277 g/mol. The molecule has 4 rings (SSSR count). The normalized spacial score (nSPS) is 24.1. The van der Waals surface area contributed by atoms with E-state index in [9.17, 15) is 4.39 Å². The second kappa shape index (κ2) is 4.13. The third-order valence-corrected chi connectivity index (χ3v) is 5.05. The fourth-order valence-corrected chi connectivity index (χ4v) is 3.82. The summed E-state index contributed by atoms with van der Waals surface area (Å²) < 4.78 is 20.9. The summed E-state index contributed by atoms with van der Waals surface area (Å²) in [4.78, 5) is 2.04. The van der Waals surface area contributed by atoms with Gasteiger partial charge in [0, 0.05) is 23.9 Å². The number of halogens is 1. The molecule has 0 aliphatic carbocycles. The number of ether oxygens (including phenoxy) is 1. The van der Waals surface area contributed by atoms with Crippen LogP contribution in [0.4, 0.5) is 10.1 Å². The zero-order chi connectivity index (χ0) is 15.5. The van der Waals surface area contributed by atoms with Gasteiger partial charge in [0.05, 0.1) is 5.41 Å². The number of likely N-dealkylation sites (N-methyl/N-ethyl adjacent to an activating group) is 1. The maximum Gasteiger partial charge on any atom is 0.211 e. The van der Waals surface area contributed by atoms with E-state index in [-0.39, 0.29) is 5.82 Å². The van der Waals surface area contributed by atoms with Gasteiger partial charge in [-0.15, -0.1) is 0 Å². The van der Waals surface area contributed by atoms with Crippen molar-refractivity contribution in [2.45, 2.75) is 25.0 Å². The summed E-state index contributed by atoms with van der Waals surface area (Å²) in [7, 11) is 1.96. The van der Waals surface area contributed by atoms with Crippen LogP contribution < -0.4 is 9.64 Å². The summed E-state index contributed by atoms with van der Waals surface area (Å²) in [6.45, 7) is 4.08. The lowest BCUT2D eigenvalue weighted by Crippen LogP contribution is -2.58. The standard InChI is InChI=1S/C19H18FNO/c1-18(2)17-14(20)8-6-9-15(17)21(3)19(18)12-11-13-7-4-5-10-16(13)22-19/h4-12H,1-3H3. The van der Waals surface area contributed by atoms with Gasteiger partial charge >= 0.3 is 0 Å². The van der Waals surface area contributed by atoms with Crippen LogP contribution in [0.5, 0.6) is 5.75 Å². The van der Waals surface area contributed by atoms with Crippen molar-refractivity contribution in [3.8, 4) is 5.75 Å². The van der Waals surface area contributed by atoms with Gasteiger partial charge in [0.1, 0.15) is 11.6 Å². The van der Waals surface area contributed by atoms with E-state index in [1.165, 1.54) is 6.07 Å². The van der Waals surface area contributed by atoms with Crippen molar-refractivity contribution >= 4 is 11.8 Å². The average molecular weight is 295 g/mol. The van der Waals surface area contributed by atoms with Gasteiger partial charge in [-0.05, 0) is 44.2 Å². The molecule has 112 valence electrons. The maximum absolute atomic E-state index is 14.5. The van der Waals surface area contributed by atoms with Crippen LogP contribution in [-0.4, -0.2) is 12.8 Å². The van der Waals surface area contributed by atoms with Gasteiger partial charge in [0.15, 0.2) is 0 Å². The second-order valence-corrected chi connectivity index (χ2v) is 6.49. The Kier molecular flexibility index (Phi) is 2.51. The molecule has 0 amide bonds. The molecule has 1 atom stereocenters. The molecule has 0 fully saturated rings. The molecule has 2 aromatic rings. The summed E-state index contributed by atoms with van der Waals surface area (Å²) in [5.41, 5.74) is 1.42. The molecule has 2 aliphatic rings. The van der Waals surface area contributed by atoms with Crippen LogP contribution >= 0.6 is 0 Å². The van der Waals surface area contributed by atoms with E-state index in [1.54, 1.807) is 6.07 Å². The van der Waals surface area contributed by atoms with Crippen LogP contribution in [0, 0.1) is 5.82 Å². The molecular formula is C19H18FNO. The van der Waals surface area contributed by atoms with Crippen LogP contribution in [0.15, 0.2) is 48.5 Å². The van der Waals surface area contributed by atoms with Gasteiger partial charge in [-0.1, -0.05) is 24.3 Å². The van der Waals surface area contributed by atoms with Crippen molar-refractivity contribution in [2.75, 3.05) is 11.9 Å². The Morgan fingerprint density at radius 2 is 1.82 bits per heavy atom. The monoisotopic (exact) mass is 295 g/mol. The third-order valence-electron chi connectivity index (χ3n) is 5.05. The first-order valence-electron chi connectivity index (χ1n) is 7.47. The minimum atomic E-state index is -0.716. The van der Waals surface area contributed by atoms with E-state index >= 15 is 0 Å². The van der Waals surface area contributed by atoms with E-state index in [1.807, 2.05) is 56.1 Å². The van der Waals surface area contributed by atoms with Gasteiger partial charge < -0.3 is 9.64 Å². The predicted octanol–water partition coefficient (Wildman–Crippen LogP) is 4.36. The number of benzene rings is 2. The Labute approximate surface area is 129 Å². The highest BCUT2D eigenvalue weighted by molar-refractivity contribution is 5.72. The lowest BCUT2D eigenvalue weighted by molar-refractivity contribution is 0.0569. The molecule has 2 aliphatic heterocycles. The molecule has 2 nitrogen and oxygen atoms in total. The highest BCUT2D eigenvalue weighted by Crippen LogP contribution is 2.54. The molecule has 0 N–H and O–H groups in total. The first-order valence-corrected chi connectivity index (χ1v) is 7.47. The van der Waals surface area contributed by atoms with Crippen LogP contribution in [0.25, 0.3) is 6.08 Å². The van der Waals surface area contributed by atoms with E-state index in [0.29, 0.717) is 5.56 Å². The molecule has 0 bridgehead atoms. The van der Waals surface area contributed by atoms with Gasteiger partial charge in [0.25, 0.3) is 0 Å². The fourth-order valence-electron chi connectivity index (χ4n) is 3.82. The number of para-hydroxylation sites is 1. The van der Waals surface area contributed by atoms with Crippen molar-refractivity contribution < 1.29 is 9.13 Å². The smallest absolute Gasteiger partial charge is 0.211 e. The molecule has 0 saturated heterocycles. The van der Waals surface area contributed by atoms with E-state index in [4.69, 9.17) is 4.74 Å². The van der Waals surface area contributed by atoms with Gasteiger partial charge in [0.2, 0.25) is 5.72 Å². The molecule has 1 spiro atoms.